The summed E-state index contributed by atoms with van der Waals surface area (Å²) in [6.07, 6.45) is 2.02. The highest BCUT2D eigenvalue weighted by Gasteiger charge is 2.60. The number of rotatable bonds is 2. The van der Waals surface area contributed by atoms with E-state index in [0.717, 1.165) is 12.8 Å². The van der Waals surface area contributed by atoms with E-state index in [9.17, 15) is 5.11 Å². The van der Waals surface area contributed by atoms with Crippen LogP contribution in [0, 0.1) is 17.8 Å². The highest BCUT2D eigenvalue weighted by molar-refractivity contribution is 5.85. The van der Waals surface area contributed by atoms with Gasteiger partial charge in [-0.15, -0.1) is 0 Å². The van der Waals surface area contributed by atoms with Gasteiger partial charge in [0.2, 0.25) is 0 Å². The van der Waals surface area contributed by atoms with Gasteiger partial charge in [0.1, 0.15) is 0 Å². The van der Waals surface area contributed by atoms with Crippen molar-refractivity contribution < 1.29 is 14.6 Å². The largest absolute Gasteiger partial charge is 0.396 e. The van der Waals surface area contributed by atoms with E-state index >= 15 is 0 Å². The molecule has 1 aromatic carbocycles. The van der Waals surface area contributed by atoms with E-state index in [1.54, 1.807) is 0 Å². The van der Waals surface area contributed by atoms with Crippen molar-refractivity contribution in [2.24, 2.45) is 17.8 Å². The number of aromatic amines is 1. The van der Waals surface area contributed by atoms with Crippen LogP contribution in [0.1, 0.15) is 30.6 Å². The van der Waals surface area contributed by atoms with Gasteiger partial charge in [0.05, 0.1) is 19.3 Å². The van der Waals surface area contributed by atoms with E-state index in [4.69, 9.17) is 9.47 Å². The molecule has 138 valence electrons. The van der Waals surface area contributed by atoms with Crippen LogP contribution in [-0.4, -0.2) is 53.2 Å². The molecule has 4 fully saturated rings. The molecular formula is C21H26N2O3. The van der Waals surface area contributed by atoms with E-state index in [1.807, 2.05) is 0 Å². The maximum atomic E-state index is 10.1. The molecule has 5 aliphatic heterocycles. The molecule has 0 amide bonds. The molecule has 7 rings (SSSR count). The normalized spacial score (nSPS) is 41.7. The predicted molar refractivity (Wildman–Crippen MR) is 97.7 cm³/mol. The second kappa shape index (κ2) is 5.55. The number of para-hydroxylation sites is 1. The summed E-state index contributed by atoms with van der Waals surface area (Å²) in [5.74, 6) is 1.12. The average Bonchev–Trinajstić information content (AvgIpc) is 3.30. The lowest BCUT2D eigenvalue weighted by Gasteiger charge is -2.63. The standard InChI is InChI=1S/C21H26N2O3/c1-11-15(10-24)13-8-18-20-14(12-4-2-3-5-16(12)22-20)9-17(23(11)18)19(13)21-25-6-7-26-21/h2-5,11,13,15,17-19,21-22,24H,6-10H2,1H3/t11-,13-,15-,17-,18-,19+/m0/s1. The van der Waals surface area contributed by atoms with Crippen molar-refractivity contribution in [3.63, 3.8) is 0 Å². The fourth-order valence-corrected chi connectivity index (χ4v) is 6.59. The first-order valence-electron chi connectivity index (χ1n) is 9.99. The number of piperidine rings is 3. The predicted octanol–water partition coefficient (Wildman–Crippen LogP) is 2.46. The zero-order chi connectivity index (χ0) is 17.4. The van der Waals surface area contributed by atoms with Crippen molar-refractivity contribution in [2.75, 3.05) is 19.8 Å². The summed E-state index contributed by atoms with van der Waals surface area (Å²) in [6.45, 7) is 3.95. The van der Waals surface area contributed by atoms with Crippen molar-refractivity contribution in [3.05, 3.63) is 35.5 Å². The summed E-state index contributed by atoms with van der Waals surface area (Å²) in [6, 6.07) is 9.94. The van der Waals surface area contributed by atoms with Crippen LogP contribution < -0.4 is 0 Å². The Morgan fingerprint density at radius 3 is 2.85 bits per heavy atom. The Balaban J connectivity index is 1.50. The quantitative estimate of drug-likeness (QED) is 0.870. The summed E-state index contributed by atoms with van der Waals surface area (Å²) in [5.41, 5.74) is 4.14. The maximum Gasteiger partial charge on any atom is 0.162 e. The molecule has 1 unspecified atom stereocenters. The Morgan fingerprint density at radius 2 is 2.04 bits per heavy atom. The van der Waals surface area contributed by atoms with Crippen molar-refractivity contribution in [3.8, 4) is 0 Å². The second-order valence-electron chi connectivity index (χ2n) is 8.47. The number of hydrogen-bond donors (Lipinski definition) is 2. The van der Waals surface area contributed by atoms with Gasteiger partial charge in [0, 0.05) is 47.1 Å². The number of hydrogen-bond acceptors (Lipinski definition) is 4. The van der Waals surface area contributed by atoms with Gasteiger partial charge in [-0.3, -0.25) is 4.90 Å². The molecule has 0 saturated carbocycles. The second-order valence-corrected chi connectivity index (χ2v) is 8.47. The Kier molecular flexibility index (Phi) is 3.34. The third-order valence-corrected chi connectivity index (χ3v) is 7.58. The maximum absolute atomic E-state index is 10.1. The SMILES string of the molecule is C[C@H]1[C@H](CO)[C@@H]2C[C@H]3c4[nH]c5ccccc5c4C[C@@H]([C@@H]2C2OCCO2)N31. The van der Waals surface area contributed by atoms with Gasteiger partial charge in [0.15, 0.2) is 6.29 Å². The summed E-state index contributed by atoms with van der Waals surface area (Å²) in [7, 11) is 0. The minimum absolute atomic E-state index is 0.109. The Morgan fingerprint density at radius 1 is 1.23 bits per heavy atom. The summed E-state index contributed by atoms with van der Waals surface area (Å²) < 4.78 is 12.0. The molecule has 7 atom stereocenters. The monoisotopic (exact) mass is 354 g/mol. The van der Waals surface area contributed by atoms with E-state index in [2.05, 4.69) is 41.1 Å². The molecule has 6 heterocycles. The molecule has 1 aromatic heterocycles. The Bertz CT molecular complexity index is 843. The molecular weight excluding hydrogens is 328 g/mol. The smallest absolute Gasteiger partial charge is 0.162 e. The number of H-pyrrole nitrogens is 1. The minimum Gasteiger partial charge on any atom is -0.396 e. The van der Waals surface area contributed by atoms with E-state index in [1.165, 1.54) is 22.2 Å². The van der Waals surface area contributed by atoms with Gasteiger partial charge < -0.3 is 19.6 Å². The minimum atomic E-state index is -0.109. The lowest BCUT2D eigenvalue weighted by atomic mass is 9.59. The molecule has 5 aliphatic rings. The molecule has 4 saturated heterocycles. The third-order valence-electron chi connectivity index (χ3n) is 7.58. The van der Waals surface area contributed by atoms with Gasteiger partial charge in [0.25, 0.3) is 0 Å². The number of aromatic nitrogens is 1. The molecule has 2 N–H and O–H groups in total. The van der Waals surface area contributed by atoms with Crippen LogP contribution >= 0.6 is 0 Å². The number of fused-ring (bicyclic) bond motifs is 4. The number of ether oxygens (including phenoxy) is 2. The molecule has 26 heavy (non-hydrogen) atoms. The van der Waals surface area contributed by atoms with E-state index in [-0.39, 0.29) is 12.9 Å². The lowest BCUT2D eigenvalue weighted by Crippen LogP contribution is -2.68. The van der Waals surface area contributed by atoms with Gasteiger partial charge in [-0.25, -0.2) is 0 Å². The molecule has 0 radical (unpaired) electrons. The van der Waals surface area contributed by atoms with Crippen LogP contribution in [0.2, 0.25) is 0 Å². The van der Waals surface area contributed by atoms with Gasteiger partial charge in [-0.05, 0) is 37.3 Å². The van der Waals surface area contributed by atoms with Gasteiger partial charge >= 0.3 is 0 Å². The van der Waals surface area contributed by atoms with Gasteiger partial charge in [-0.1, -0.05) is 18.2 Å². The highest BCUT2D eigenvalue weighted by atomic mass is 16.7. The number of nitrogens with zero attached hydrogens (tertiary/aromatic N) is 1. The van der Waals surface area contributed by atoms with Crippen molar-refractivity contribution in [1.82, 2.24) is 9.88 Å². The molecule has 2 aromatic rings. The van der Waals surface area contributed by atoms with E-state index in [0.29, 0.717) is 49.1 Å². The Labute approximate surface area is 153 Å². The topological polar surface area (TPSA) is 57.7 Å². The first-order valence-corrected chi connectivity index (χ1v) is 9.99. The van der Waals surface area contributed by atoms with Crippen LogP contribution in [0.3, 0.4) is 0 Å². The van der Waals surface area contributed by atoms with Crippen LogP contribution in [0.25, 0.3) is 10.9 Å². The summed E-state index contributed by atoms with van der Waals surface area (Å²) in [5, 5.41) is 11.5. The van der Waals surface area contributed by atoms with Gasteiger partial charge in [-0.2, -0.15) is 0 Å². The van der Waals surface area contributed by atoms with Crippen LogP contribution in [0.5, 0.6) is 0 Å². The number of aliphatic hydroxyl groups is 1. The highest BCUT2D eigenvalue weighted by Crippen LogP contribution is 2.57. The average molecular weight is 354 g/mol. The molecule has 4 bridgehead atoms. The number of aliphatic hydroxyl groups excluding tert-OH is 1. The fourth-order valence-electron chi connectivity index (χ4n) is 6.59. The van der Waals surface area contributed by atoms with Crippen LogP contribution in [0.15, 0.2) is 24.3 Å². The Hall–Kier alpha value is -1.40. The van der Waals surface area contributed by atoms with Crippen molar-refractivity contribution in [2.45, 2.75) is 44.2 Å². The molecule has 5 heteroatoms. The summed E-state index contributed by atoms with van der Waals surface area (Å²) in [4.78, 5) is 6.40. The summed E-state index contributed by atoms with van der Waals surface area (Å²) >= 11 is 0. The first kappa shape index (κ1) is 15.6. The molecule has 5 nitrogen and oxygen atoms in total. The van der Waals surface area contributed by atoms with Crippen molar-refractivity contribution in [1.29, 1.82) is 0 Å². The molecule has 0 aliphatic carbocycles. The van der Waals surface area contributed by atoms with Crippen LogP contribution in [-0.2, 0) is 15.9 Å². The number of benzene rings is 1. The molecule has 0 spiro atoms. The number of nitrogens with one attached hydrogen (secondary N) is 1. The van der Waals surface area contributed by atoms with Crippen molar-refractivity contribution >= 4 is 10.9 Å². The third kappa shape index (κ3) is 1.89. The van der Waals surface area contributed by atoms with E-state index < -0.39 is 0 Å². The first-order chi connectivity index (χ1) is 12.8. The zero-order valence-electron chi connectivity index (χ0n) is 15.1. The fraction of sp³-hybridized carbons (Fsp3) is 0.619. The van der Waals surface area contributed by atoms with Crippen LogP contribution in [0.4, 0.5) is 0 Å². The lowest BCUT2D eigenvalue weighted by molar-refractivity contribution is -0.213. The zero-order valence-corrected chi connectivity index (χ0v) is 15.1.